The number of halogens is 1. The normalized spacial score (nSPS) is 10.5. The summed E-state index contributed by atoms with van der Waals surface area (Å²) in [7, 11) is 0. The smallest absolute Gasteiger partial charge is 0.196 e. The molecule has 0 atom stereocenters. The zero-order valence-electron chi connectivity index (χ0n) is 10.4. The van der Waals surface area contributed by atoms with Crippen molar-refractivity contribution in [2.45, 2.75) is 6.92 Å². The zero-order chi connectivity index (χ0) is 15.0. The number of carbonyl (C=O) groups is 1. The van der Waals surface area contributed by atoms with Crippen molar-refractivity contribution in [3.05, 3.63) is 46.8 Å². The number of aryl methyl sites for hydroxylation is 1. The first-order valence-corrected chi connectivity index (χ1v) is 5.60. The number of ketones is 1. The third-order valence-electron chi connectivity index (χ3n) is 2.88. The van der Waals surface area contributed by atoms with E-state index >= 15 is 0 Å². The van der Waals surface area contributed by atoms with Gasteiger partial charge in [0.25, 0.3) is 0 Å². The summed E-state index contributed by atoms with van der Waals surface area (Å²) in [5.41, 5.74) is -0.261. The van der Waals surface area contributed by atoms with E-state index in [1.165, 1.54) is 13.0 Å². The molecule has 0 aliphatic heterocycles. The molecule has 2 rings (SSSR count). The number of benzene rings is 2. The highest BCUT2D eigenvalue weighted by atomic mass is 19.1. The largest absolute Gasteiger partial charge is 0.504 e. The molecular weight excluding hydrogens is 267 g/mol. The summed E-state index contributed by atoms with van der Waals surface area (Å²) < 4.78 is 13.7. The van der Waals surface area contributed by atoms with E-state index in [2.05, 4.69) is 0 Å². The Kier molecular flexibility index (Phi) is 3.23. The molecule has 0 fully saturated rings. The van der Waals surface area contributed by atoms with Crippen LogP contribution in [0.4, 0.5) is 4.39 Å². The summed E-state index contributed by atoms with van der Waals surface area (Å²) in [6.45, 7) is 1.47. The molecule has 0 bridgehead atoms. The predicted octanol–water partition coefficient (Wildman–Crippen LogP) is 2.19. The van der Waals surface area contributed by atoms with E-state index in [-0.39, 0.29) is 16.9 Å². The van der Waals surface area contributed by atoms with Crippen molar-refractivity contribution < 1.29 is 29.6 Å². The maximum atomic E-state index is 13.7. The molecule has 0 unspecified atom stereocenters. The molecule has 2 aromatic rings. The van der Waals surface area contributed by atoms with E-state index in [1.54, 1.807) is 0 Å². The Morgan fingerprint density at radius 3 is 2.25 bits per heavy atom. The van der Waals surface area contributed by atoms with E-state index in [1.807, 2.05) is 0 Å². The van der Waals surface area contributed by atoms with Crippen LogP contribution < -0.4 is 0 Å². The number of phenols is 4. The zero-order valence-corrected chi connectivity index (χ0v) is 10.4. The van der Waals surface area contributed by atoms with Crippen LogP contribution in [0.15, 0.2) is 24.3 Å². The number of hydrogen-bond acceptors (Lipinski definition) is 5. The first-order valence-electron chi connectivity index (χ1n) is 5.60. The van der Waals surface area contributed by atoms with E-state index in [9.17, 15) is 24.5 Å². The molecule has 0 aromatic heterocycles. The van der Waals surface area contributed by atoms with Crippen molar-refractivity contribution in [3.8, 4) is 23.0 Å². The summed E-state index contributed by atoms with van der Waals surface area (Å²) in [4.78, 5) is 12.1. The second-order valence-electron chi connectivity index (χ2n) is 4.28. The molecule has 0 aliphatic carbocycles. The minimum Gasteiger partial charge on any atom is -0.504 e. The average molecular weight is 278 g/mol. The van der Waals surface area contributed by atoms with E-state index in [4.69, 9.17) is 5.11 Å². The molecule has 20 heavy (non-hydrogen) atoms. The molecule has 0 aliphatic rings. The van der Waals surface area contributed by atoms with Gasteiger partial charge in [0.15, 0.2) is 34.6 Å². The summed E-state index contributed by atoms with van der Waals surface area (Å²) in [5.74, 6) is -4.61. The summed E-state index contributed by atoms with van der Waals surface area (Å²) in [6, 6.07) is 4.28. The van der Waals surface area contributed by atoms with Gasteiger partial charge in [0.05, 0.1) is 5.56 Å². The maximum Gasteiger partial charge on any atom is 0.196 e. The SMILES string of the molecule is Cc1cc(C(=O)c2ccc(O)c(O)c2F)cc(O)c1O. The Labute approximate surface area is 113 Å². The van der Waals surface area contributed by atoms with Crippen LogP contribution in [0.25, 0.3) is 0 Å². The third-order valence-corrected chi connectivity index (χ3v) is 2.88. The summed E-state index contributed by atoms with van der Waals surface area (Å²) in [5, 5.41) is 37.3. The quantitative estimate of drug-likeness (QED) is 0.498. The van der Waals surface area contributed by atoms with Crippen LogP contribution in [0.1, 0.15) is 21.5 Å². The molecule has 0 radical (unpaired) electrons. The van der Waals surface area contributed by atoms with Crippen molar-refractivity contribution in [3.63, 3.8) is 0 Å². The number of aromatic hydroxyl groups is 4. The van der Waals surface area contributed by atoms with Crippen LogP contribution in [0.5, 0.6) is 23.0 Å². The monoisotopic (exact) mass is 278 g/mol. The third kappa shape index (κ3) is 2.11. The Balaban J connectivity index is 2.55. The van der Waals surface area contributed by atoms with Gasteiger partial charge in [-0.05, 0) is 36.8 Å². The number of rotatable bonds is 2. The lowest BCUT2D eigenvalue weighted by atomic mass is 10.00. The van der Waals surface area contributed by atoms with Crippen LogP contribution in [0.2, 0.25) is 0 Å². The first-order chi connectivity index (χ1) is 9.32. The van der Waals surface area contributed by atoms with E-state index in [0.29, 0.717) is 0 Å². The lowest BCUT2D eigenvalue weighted by Crippen LogP contribution is -2.05. The van der Waals surface area contributed by atoms with Crippen molar-refractivity contribution >= 4 is 5.78 Å². The van der Waals surface area contributed by atoms with Crippen molar-refractivity contribution in [1.29, 1.82) is 0 Å². The van der Waals surface area contributed by atoms with E-state index in [0.717, 1.165) is 18.2 Å². The average Bonchev–Trinajstić information content (AvgIpc) is 2.41. The minimum absolute atomic E-state index is 0.0539. The Hall–Kier alpha value is -2.76. The molecule has 0 saturated carbocycles. The molecule has 0 saturated heterocycles. The number of carbonyl (C=O) groups excluding carboxylic acids is 1. The van der Waals surface area contributed by atoms with E-state index < -0.39 is 34.4 Å². The van der Waals surface area contributed by atoms with Gasteiger partial charge in [0.2, 0.25) is 0 Å². The summed E-state index contributed by atoms with van der Waals surface area (Å²) >= 11 is 0. The van der Waals surface area contributed by atoms with Crippen LogP contribution in [-0.4, -0.2) is 26.2 Å². The van der Waals surface area contributed by atoms with Gasteiger partial charge in [-0.15, -0.1) is 0 Å². The molecule has 2 aromatic carbocycles. The summed E-state index contributed by atoms with van der Waals surface area (Å²) in [6.07, 6.45) is 0. The van der Waals surface area contributed by atoms with Crippen molar-refractivity contribution in [2.24, 2.45) is 0 Å². The van der Waals surface area contributed by atoms with Crippen LogP contribution in [-0.2, 0) is 0 Å². The molecule has 4 N–H and O–H groups in total. The highest BCUT2D eigenvalue weighted by molar-refractivity contribution is 6.10. The molecule has 104 valence electrons. The molecule has 5 nitrogen and oxygen atoms in total. The maximum absolute atomic E-state index is 13.7. The molecule has 0 spiro atoms. The predicted molar refractivity (Wildman–Crippen MR) is 67.7 cm³/mol. The number of phenolic OH excluding ortho intramolecular Hbond substituents is 4. The first kappa shape index (κ1) is 13.7. The van der Waals surface area contributed by atoms with Crippen LogP contribution in [0.3, 0.4) is 0 Å². The molecular formula is C14H11FO5. The van der Waals surface area contributed by atoms with Gasteiger partial charge in [-0.3, -0.25) is 4.79 Å². The van der Waals surface area contributed by atoms with Gasteiger partial charge in [0, 0.05) is 5.56 Å². The van der Waals surface area contributed by atoms with Crippen molar-refractivity contribution in [2.75, 3.05) is 0 Å². The van der Waals surface area contributed by atoms with Gasteiger partial charge in [-0.2, -0.15) is 0 Å². The van der Waals surface area contributed by atoms with Gasteiger partial charge in [-0.1, -0.05) is 0 Å². The lowest BCUT2D eigenvalue weighted by molar-refractivity contribution is 0.103. The fraction of sp³-hybridized carbons (Fsp3) is 0.0714. The second-order valence-corrected chi connectivity index (χ2v) is 4.28. The minimum atomic E-state index is -1.25. The van der Waals surface area contributed by atoms with Gasteiger partial charge >= 0.3 is 0 Å². The number of hydrogen-bond donors (Lipinski definition) is 4. The fourth-order valence-electron chi connectivity index (χ4n) is 1.78. The fourth-order valence-corrected chi connectivity index (χ4v) is 1.78. The van der Waals surface area contributed by atoms with Crippen LogP contribution in [0, 0.1) is 12.7 Å². The van der Waals surface area contributed by atoms with Crippen LogP contribution >= 0.6 is 0 Å². The van der Waals surface area contributed by atoms with Crippen molar-refractivity contribution in [1.82, 2.24) is 0 Å². The second kappa shape index (κ2) is 4.73. The highest BCUT2D eigenvalue weighted by Crippen LogP contribution is 2.33. The molecule has 0 amide bonds. The highest BCUT2D eigenvalue weighted by Gasteiger charge is 2.20. The Bertz CT molecular complexity index is 686. The Morgan fingerprint density at radius 2 is 1.65 bits per heavy atom. The van der Waals surface area contributed by atoms with Gasteiger partial charge in [0.1, 0.15) is 0 Å². The Morgan fingerprint density at radius 1 is 1.00 bits per heavy atom. The lowest BCUT2D eigenvalue weighted by Gasteiger charge is -2.08. The van der Waals surface area contributed by atoms with Gasteiger partial charge in [-0.25, -0.2) is 4.39 Å². The molecule has 6 heteroatoms. The standard InChI is InChI=1S/C14H11FO5/c1-6-4-7(5-10(17)12(6)18)13(19)8-2-3-9(16)14(20)11(8)15/h2-5,16-18,20H,1H3. The topological polar surface area (TPSA) is 98.0 Å². The molecule has 0 heterocycles. The van der Waals surface area contributed by atoms with Gasteiger partial charge < -0.3 is 20.4 Å².